The molecule has 0 saturated carbocycles. The minimum atomic E-state index is -1.09. The zero-order valence-electron chi connectivity index (χ0n) is 10.6. The molecule has 0 aliphatic carbocycles. The Morgan fingerprint density at radius 2 is 2.00 bits per heavy atom. The number of benzene rings is 1. The van der Waals surface area contributed by atoms with Crippen LogP contribution < -0.4 is 4.90 Å². The number of nitrogens with zero attached hydrogens (tertiary/aromatic N) is 2. The lowest BCUT2D eigenvalue weighted by atomic mass is 10.1. The first kappa shape index (κ1) is 12.6. The lowest BCUT2D eigenvalue weighted by Crippen LogP contribution is -2.23. The second-order valence-corrected chi connectivity index (χ2v) is 5.14. The molecule has 1 aliphatic heterocycles. The maximum atomic E-state index is 12.4. The second-order valence-electron chi connectivity index (χ2n) is 4.39. The molecular weight excluding hydrogens is 276 g/mol. The van der Waals surface area contributed by atoms with Crippen molar-refractivity contribution >= 4 is 34.1 Å². The van der Waals surface area contributed by atoms with Gasteiger partial charge in [-0.3, -0.25) is 9.69 Å². The quantitative estimate of drug-likeness (QED) is 0.921. The van der Waals surface area contributed by atoms with Gasteiger partial charge in [0.2, 0.25) is 0 Å². The fourth-order valence-corrected chi connectivity index (χ4v) is 3.17. The van der Waals surface area contributed by atoms with Crippen LogP contribution in [0.25, 0.3) is 5.70 Å². The Hall–Kier alpha value is -2.47. The van der Waals surface area contributed by atoms with Gasteiger partial charge in [-0.25, -0.2) is 4.79 Å². The van der Waals surface area contributed by atoms with Gasteiger partial charge in [0.05, 0.1) is 11.4 Å². The number of aromatic carboxylic acids is 1. The van der Waals surface area contributed by atoms with Crippen molar-refractivity contribution in [2.24, 2.45) is 0 Å². The first-order valence-corrected chi connectivity index (χ1v) is 6.62. The largest absolute Gasteiger partial charge is 0.478 e. The lowest BCUT2D eigenvalue weighted by Gasteiger charge is -2.15. The zero-order chi connectivity index (χ0) is 14.4. The highest BCUT2D eigenvalue weighted by molar-refractivity contribution is 7.11. The Morgan fingerprint density at radius 3 is 2.60 bits per heavy atom. The van der Waals surface area contributed by atoms with E-state index in [2.05, 4.69) is 11.0 Å². The summed E-state index contributed by atoms with van der Waals surface area (Å²) in [4.78, 5) is 25.1. The molecule has 5 nitrogen and oxygen atoms in total. The lowest BCUT2D eigenvalue weighted by molar-refractivity contribution is 0.0697. The van der Waals surface area contributed by atoms with E-state index in [4.69, 9.17) is 0 Å². The van der Waals surface area contributed by atoms with Crippen molar-refractivity contribution in [1.29, 1.82) is 0 Å². The number of anilines is 1. The van der Waals surface area contributed by atoms with Crippen molar-refractivity contribution < 1.29 is 14.7 Å². The molecule has 1 amide bonds. The van der Waals surface area contributed by atoms with E-state index in [1.54, 1.807) is 25.1 Å². The highest BCUT2D eigenvalue weighted by Crippen LogP contribution is 2.40. The summed E-state index contributed by atoms with van der Waals surface area (Å²) >= 11 is 0.993. The SMILES string of the molecule is C=C1c2ccccc2C(=O)N1c1snc(C)c1C(=O)O. The van der Waals surface area contributed by atoms with E-state index in [0.29, 0.717) is 22.0 Å². The van der Waals surface area contributed by atoms with Gasteiger partial charge >= 0.3 is 5.97 Å². The van der Waals surface area contributed by atoms with Crippen molar-refractivity contribution in [3.05, 3.63) is 53.2 Å². The summed E-state index contributed by atoms with van der Waals surface area (Å²) in [5.41, 5.74) is 2.18. The zero-order valence-corrected chi connectivity index (χ0v) is 11.4. The number of carboxylic acids is 1. The van der Waals surface area contributed by atoms with Crippen molar-refractivity contribution in [3.8, 4) is 0 Å². The Bertz CT molecular complexity index is 729. The van der Waals surface area contributed by atoms with Gasteiger partial charge in [0.25, 0.3) is 5.91 Å². The summed E-state index contributed by atoms with van der Waals surface area (Å²) in [7, 11) is 0. The minimum Gasteiger partial charge on any atom is -0.478 e. The predicted molar refractivity (Wildman–Crippen MR) is 76.1 cm³/mol. The van der Waals surface area contributed by atoms with E-state index in [-0.39, 0.29) is 11.5 Å². The predicted octanol–water partition coefficient (Wildman–Crippen LogP) is 2.78. The minimum absolute atomic E-state index is 0.0531. The van der Waals surface area contributed by atoms with Crippen molar-refractivity contribution in [2.75, 3.05) is 4.90 Å². The van der Waals surface area contributed by atoms with E-state index >= 15 is 0 Å². The van der Waals surface area contributed by atoms with E-state index in [1.165, 1.54) is 4.90 Å². The monoisotopic (exact) mass is 286 g/mol. The average molecular weight is 286 g/mol. The molecule has 0 unspecified atom stereocenters. The van der Waals surface area contributed by atoms with Crippen LogP contribution in [0.3, 0.4) is 0 Å². The molecule has 1 N–H and O–H groups in total. The van der Waals surface area contributed by atoms with Crippen LogP contribution in [0, 0.1) is 6.92 Å². The van der Waals surface area contributed by atoms with Crippen LogP contribution in [-0.4, -0.2) is 21.4 Å². The number of aromatic nitrogens is 1. The van der Waals surface area contributed by atoms with Crippen molar-refractivity contribution in [2.45, 2.75) is 6.92 Å². The van der Waals surface area contributed by atoms with Gasteiger partial charge in [-0.2, -0.15) is 4.37 Å². The molecular formula is C14H10N2O3S. The van der Waals surface area contributed by atoms with Crippen molar-refractivity contribution in [3.63, 3.8) is 0 Å². The summed E-state index contributed by atoms with van der Waals surface area (Å²) in [5.74, 6) is -1.36. The molecule has 0 atom stereocenters. The molecule has 100 valence electrons. The summed E-state index contributed by atoms with van der Waals surface area (Å²) < 4.78 is 4.04. The topological polar surface area (TPSA) is 70.5 Å². The third-order valence-electron chi connectivity index (χ3n) is 3.20. The molecule has 0 bridgehead atoms. The average Bonchev–Trinajstić information content (AvgIpc) is 2.90. The summed E-state index contributed by atoms with van der Waals surface area (Å²) in [5, 5.41) is 9.59. The van der Waals surface area contributed by atoms with E-state index in [0.717, 1.165) is 17.1 Å². The number of aryl methyl sites for hydroxylation is 1. The van der Waals surface area contributed by atoms with Gasteiger partial charge in [-0.1, -0.05) is 24.8 Å². The van der Waals surface area contributed by atoms with Crippen LogP contribution in [0.15, 0.2) is 30.8 Å². The first-order valence-electron chi connectivity index (χ1n) is 5.84. The molecule has 2 heterocycles. The summed E-state index contributed by atoms with van der Waals surface area (Å²) in [6.07, 6.45) is 0. The summed E-state index contributed by atoms with van der Waals surface area (Å²) in [6.45, 7) is 5.52. The van der Waals surface area contributed by atoms with Gasteiger partial charge in [0.1, 0.15) is 10.6 Å². The molecule has 0 radical (unpaired) electrons. The number of rotatable bonds is 2. The molecule has 0 saturated heterocycles. The highest BCUT2D eigenvalue weighted by atomic mass is 32.1. The highest BCUT2D eigenvalue weighted by Gasteiger charge is 2.36. The maximum absolute atomic E-state index is 12.4. The van der Waals surface area contributed by atoms with Crippen LogP contribution in [0.2, 0.25) is 0 Å². The fourth-order valence-electron chi connectivity index (χ4n) is 2.26. The number of carbonyl (C=O) groups is 2. The van der Waals surface area contributed by atoms with E-state index < -0.39 is 5.97 Å². The number of carbonyl (C=O) groups excluding carboxylic acids is 1. The molecule has 1 aliphatic rings. The van der Waals surface area contributed by atoms with Gasteiger partial charge in [0, 0.05) is 11.1 Å². The molecule has 20 heavy (non-hydrogen) atoms. The standard InChI is InChI=1S/C14H10N2O3S/c1-7-11(14(18)19)13(20-15-7)16-8(2)9-5-3-4-6-10(9)12(16)17/h3-6H,2H2,1H3,(H,18,19). The number of carboxylic acid groups (broad SMARTS) is 1. The molecule has 1 aromatic carbocycles. The van der Waals surface area contributed by atoms with E-state index in [9.17, 15) is 14.7 Å². The molecule has 6 heteroatoms. The molecule has 2 aromatic rings. The maximum Gasteiger partial charge on any atom is 0.340 e. The third-order valence-corrected chi connectivity index (χ3v) is 4.13. The van der Waals surface area contributed by atoms with Crippen molar-refractivity contribution in [1.82, 2.24) is 4.37 Å². The van der Waals surface area contributed by atoms with Crippen LogP contribution in [0.4, 0.5) is 5.00 Å². The molecule has 0 fully saturated rings. The van der Waals surface area contributed by atoms with Crippen LogP contribution in [-0.2, 0) is 0 Å². The Kier molecular flexibility index (Phi) is 2.69. The van der Waals surface area contributed by atoms with Gasteiger partial charge < -0.3 is 5.11 Å². The smallest absolute Gasteiger partial charge is 0.340 e. The molecule has 3 rings (SSSR count). The molecule has 1 aromatic heterocycles. The number of fused-ring (bicyclic) bond motifs is 1. The third kappa shape index (κ3) is 1.58. The van der Waals surface area contributed by atoms with Crippen LogP contribution in [0.5, 0.6) is 0 Å². The molecule has 0 spiro atoms. The van der Waals surface area contributed by atoms with E-state index in [1.807, 2.05) is 6.07 Å². The van der Waals surface area contributed by atoms with Gasteiger partial charge in [-0.15, -0.1) is 0 Å². The fraction of sp³-hybridized carbons (Fsp3) is 0.0714. The van der Waals surface area contributed by atoms with Crippen LogP contribution >= 0.6 is 11.5 Å². The second kappa shape index (κ2) is 4.28. The number of hydrogen-bond acceptors (Lipinski definition) is 4. The Balaban J connectivity index is 2.17. The Labute approximate surface area is 118 Å². The Morgan fingerprint density at radius 1 is 1.35 bits per heavy atom. The first-order chi connectivity index (χ1) is 9.52. The number of hydrogen-bond donors (Lipinski definition) is 1. The number of amides is 1. The summed E-state index contributed by atoms with van der Waals surface area (Å²) in [6, 6.07) is 7.08. The van der Waals surface area contributed by atoms with Gasteiger partial charge in [0.15, 0.2) is 0 Å². The normalized spacial score (nSPS) is 13.8. The van der Waals surface area contributed by atoms with Gasteiger partial charge in [-0.05, 0) is 24.5 Å². The van der Waals surface area contributed by atoms with Crippen LogP contribution in [0.1, 0.15) is 32.0 Å².